The predicted octanol–water partition coefficient (Wildman–Crippen LogP) is 2.49. The summed E-state index contributed by atoms with van der Waals surface area (Å²) in [7, 11) is 0. The molecular weight excluding hydrogens is 184 g/mol. The van der Waals surface area contributed by atoms with E-state index in [1.54, 1.807) is 0 Å². The molecule has 1 rings (SSSR count). The van der Waals surface area contributed by atoms with Gasteiger partial charge in [0.05, 0.1) is 0 Å². The van der Waals surface area contributed by atoms with Gasteiger partial charge in [-0.2, -0.15) is 0 Å². The first kappa shape index (κ1) is 13.0. The topological polar surface area (TPSA) is 15.3 Å². The van der Waals surface area contributed by atoms with E-state index in [0.717, 1.165) is 18.0 Å². The lowest BCUT2D eigenvalue weighted by Crippen LogP contribution is -2.48. The molecule has 0 saturated carbocycles. The van der Waals surface area contributed by atoms with Crippen LogP contribution in [0.3, 0.4) is 0 Å². The Morgan fingerprint density at radius 3 is 2.27 bits per heavy atom. The molecule has 0 aliphatic carbocycles. The van der Waals surface area contributed by atoms with Crippen LogP contribution in [0.1, 0.15) is 47.0 Å². The number of piperidine rings is 1. The highest BCUT2D eigenvalue weighted by atomic mass is 15.2. The monoisotopic (exact) mass is 212 g/mol. The molecule has 1 fully saturated rings. The highest BCUT2D eigenvalue weighted by Gasteiger charge is 2.25. The maximum Gasteiger partial charge on any atom is 0.0122 e. The molecule has 1 saturated heterocycles. The fourth-order valence-corrected chi connectivity index (χ4v) is 2.69. The van der Waals surface area contributed by atoms with E-state index in [1.807, 2.05) is 0 Å². The summed E-state index contributed by atoms with van der Waals surface area (Å²) >= 11 is 0. The van der Waals surface area contributed by atoms with Gasteiger partial charge in [0.15, 0.2) is 0 Å². The Bertz CT molecular complexity index is 162. The zero-order chi connectivity index (χ0) is 11.3. The summed E-state index contributed by atoms with van der Waals surface area (Å²) in [6.45, 7) is 13.0. The Morgan fingerprint density at radius 2 is 1.80 bits per heavy atom. The Labute approximate surface area is 95.4 Å². The molecule has 90 valence electrons. The van der Waals surface area contributed by atoms with Crippen molar-refractivity contribution in [3.8, 4) is 0 Å². The van der Waals surface area contributed by atoms with Gasteiger partial charge in [0.2, 0.25) is 0 Å². The zero-order valence-electron chi connectivity index (χ0n) is 10.9. The first-order chi connectivity index (χ1) is 7.20. The van der Waals surface area contributed by atoms with Crippen LogP contribution in [-0.2, 0) is 0 Å². The van der Waals surface area contributed by atoms with Crippen molar-refractivity contribution in [2.45, 2.75) is 59.0 Å². The molecule has 0 aromatic heterocycles. The van der Waals surface area contributed by atoms with Crippen LogP contribution in [0.25, 0.3) is 0 Å². The number of hydrogen-bond acceptors (Lipinski definition) is 2. The lowest BCUT2D eigenvalue weighted by atomic mass is 9.95. The van der Waals surface area contributed by atoms with Crippen LogP contribution in [0.4, 0.5) is 0 Å². The Hall–Kier alpha value is -0.0800. The van der Waals surface area contributed by atoms with Crippen LogP contribution in [-0.4, -0.2) is 36.6 Å². The fourth-order valence-electron chi connectivity index (χ4n) is 2.69. The van der Waals surface area contributed by atoms with Crippen molar-refractivity contribution in [2.75, 3.05) is 19.6 Å². The first-order valence-electron chi connectivity index (χ1n) is 6.67. The second-order valence-corrected chi connectivity index (χ2v) is 4.94. The van der Waals surface area contributed by atoms with Crippen LogP contribution in [0.2, 0.25) is 0 Å². The molecule has 0 radical (unpaired) electrons. The van der Waals surface area contributed by atoms with Crippen molar-refractivity contribution in [3.63, 3.8) is 0 Å². The summed E-state index contributed by atoms with van der Waals surface area (Å²) in [6, 6.07) is 1.56. The van der Waals surface area contributed by atoms with E-state index in [2.05, 4.69) is 37.9 Å². The van der Waals surface area contributed by atoms with E-state index in [9.17, 15) is 0 Å². The normalized spacial score (nSPS) is 23.0. The first-order valence-corrected chi connectivity index (χ1v) is 6.67. The minimum atomic E-state index is 0.739. The molecule has 0 bridgehead atoms. The number of nitrogens with one attached hydrogen (secondary N) is 1. The molecule has 2 nitrogen and oxygen atoms in total. The van der Waals surface area contributed by atoms with Crippen molar-refractivity contribution in [3.05, 3.63) is 0 Å². The van der Waals surface area contributed by atoms with Gasteiger partial charge in [-0.15, -0.1) is 0 Å². The highest BCUT2D eigenvalue weighted by molar-refractivity contribution is 4.82. The van der Waals surface area contributed by atoms with Crippen LogP contribution >= 0.6 is 0 Å². The van der Waals surface area contributed by atoms with Gasteiger partial charge in [-0.3, -0.25) is 4.90 Å². The fraction of sp³-hybridized carbons (Fsp3) is 1.00. The second-order valence-electron chi connectivity index (χ2n) is 4.94. The van der Waals surface area contributed by atoms with E-state index >= 15 is 0 Å². The van der Waals surface area contributed by atoms with Crippen LogP contribution < -0.4 is 5.32 Å². The van der Waals surface area contributed by atoms with Crippen molar-refractivity contribution in [2.24, 2.45) is 5.92 Å². The van der Waals surface area contributed by atoms with Crippen molar-refractivity contribution < 1.29 is 0 Å². The maximum atomic E-state index is 3.45. The summed E-state index contributed by atoms with van der Waals surface area (Å²) in [5.41, 5.74) is 0. The Balaban J connectivity index is 2.52. The number of rotatable bonds is 5. The van der Waals surface area contributed by atoms with Crippen LogP contribution in [0.5, 0.6) is 0 Å². The van der Waals surface area contributed by atoms with Gasteiger partial charge in [-0.1, -0.05) is 27.2 Å². The molecule has 0 aromatic rings. The molecule has 0 spiro atoms. The number of hydrogen-bond donors (Lipinski definition) is 1. The average Bonchev–Trinajstić information content (AvgIpc) is 2.30. The van der Waals surface area contributed by atoms with E-state index in [0.29, 0.717) is 0 Å². The molecule has 2 unspecified atom stereocenters. The van der Waals surface area contributed by atoms with Crippen molar-refractivity contribution >= 4 is 0 Å². The Kier molecular flexibility index (Phi) is 5.62. The summed E-state index contributed by atoms with van der Waals surface area (Å²) in [5.74, 6) is 0.819. The van der Waals surface area contributed by atoms with Gasteiger partial charge in [-0.25, -0.2) is 0 Å². The summed E-state index contributed by atoms with van der Waals surface area (Å²) < 4.78 is 0. The van der Waals surface area contributed by atoms with Gasteiger partial charge < -0.3 is 5.32 Å². The van der Waals surface area contributed by atoms with Crippen LogP contribution in [0.15, 0.2) is 0 Å². The quantitative estimate of drug-likeness (QED) is 0.753. The van der Waals surface area contributed by atoms with Gasteiger partial charge in [0, 0.05) is 12.1 Å². The molecule has 1 aliphatic heterocycles. The van der Waals surface area contributed by atoms with E-state index in [4.69, 9.17) is 0 Å². The zero-order valence-corrected chi connectivity index (χ0v) is 10.9. The van der Waals surface area contributed by atoms with Crippen LogP contribution in [0, 0.1) is 5.92 Å². The maximum absolute atomic E-state index is 3.45. The molecule has 2 heteroatoms. The SMILES string of the molecule is CCC(C)C(C)N(CC)C1CCNCC1. The van der Waals surface area contributed by atoms with Gasteiger partial charge >= 0.3 is 0 Å². The van der Waals surface area contributed by atoms with E-state index in [-0.39, 0.29) is 0 Å². The molecule has 15 heavy (non-hydrogen) atoms. The lowest BCUT2D eigenvalue weighted by molar-refractivity contribution is 0.0920. The molecule has 0 amide bonds. The van der Waals surface area contributed by atoms with Gasteiger partial charge in [0.25, 0.3) is 0 Å². The summed E-state index contributed by atoms with van der Waals surface area (Å²) in [6.07, 6.45) is 3.95. The average molecular weight is 212 g/mol. The smallest absolute Gasteiger partial charge is 0.0122 e. The molecule has 1 heterocycles. The molecule has 0 aromatic carbocycles. The molecule has 1 aliphatic rings. The minimum absolute atomic E-state index is 0.739. The van der Waals surface area contributed by atoms with Gasteiger partial charge in [-0.05, 0) is 45.3 Å². The Morgan fingerprint density at radius 1 is 1.20 bits per heavy atom. The minimum Gasteiger partial charge on any atom is -0.317 e. The summed E-state index contributed by atoms with van der Waals surface area (Å²) in [5, 5.41) is 3.45. The highest BCUT2D eigenvalue weighted by Crippen LogP contribution is 2.20. The van der Waals surface area contributed by atoms with E-state index < -0.39 is 0 Å². The molecule has 1 N–H and O–H groups in total. The van der Waals surface area contributed by atoms with Crippen molar-refractivity contribution in [1.82, 2.24) is 10.2 Å². The van der Waals surface area contributed by atoms with E-state index in [1.165, 1.54) is 38.9 Å². The molecule has 2 atom stereocenters. The largest absolute Gasteiger partial charge is 0.317 e. The third-order valence-corrected chi connectivity index (χ3v) is 4.13. The standard InChI is InChI=1S/C13H28N2/c1-5-11(3)12(4)15(6-2)13-7-9-14-10-8-13/h11-14H,5-10H2,1-4H3. The lowest BCUT2D eigenvalue weighted by Gasteiger charge is -2.40. The van der Waals surface area contributed by atoms with Crippen molar-refractivity contribution in [1.29, 1.82) is 0 Å². The van der Waals surface area contributed by atoms with Gasteiger partial charge in [0.1, 0.15) is 0 Å². The number of nitrogens with zero attached hydrogens (tertiary/aromatic N) is 1. The third kappa shape index (κ3) is 3.46. The summed E-state index contributed by atoms with van der Waals surface area (Å²) in [4.78, 5) is 2.72. The predicted molar refractivity (Wildman–Crippen MR) is 67.2 cm³/mol. The molecular formula is C13H28N2. The third-order valence-electron chi connectivity index (χ3n) is 4.13. The second kappa shape index (κ2) is 6.49.